The van der Waals surface area contributed by atoms with E-state index < -0.39 is 17.3 Å². The smallest absolute Gasteiger partial charge is 0.413 e. The summed E-state index contributed by atoms with van der Waals surface area (Å²) in [4.78, 5) is 49.2. The van der Waals surface area contributed by atoms with Crippen LogP contribution in [0.3, 0.4) is 0 Å². The summed E-state index contributed by atoms with van der Waals surface area (Å²) in [6.07, 6.45) is 5.09. The number of unbranched alkanes of at least 4 members (excludes halogenated alkanes) is 1. The van der Waals surface area contributed by atoms with Crippen LogP contribution in [0.2, 0.25) is 0 Å². The third-order valence-corrected chi connectivity index (χ3v) is 3.75. The normalized spacial score (nSPS) is 11.1. The predicted molar refractivity (Wildman–Crippen MR) is 118 cm³/mol. The van der Waals surface area contributed by atoms with Crippen molar-refractivity contribution in [2.24, 2.45) is 0 Å². The molecule has 3 amide bonds. The molecule has 0 atom stereocenters. The van der Waals surface area contributed by atoms with Crippen LogP contribution in [0.4, 0.5) is 10.5 Å². The highest BCUT2D eigenvalue weighted by atomic mass is 16.6. The lowest BCUT2D eigenvalue weighted by Crippen LogP contribution is -2.39. The topological polar surface area (TPSA) is 134 Å². The van der Waals surface area contributed by atoms with Crippen LogP contribution in [0.5, 0.6) is 0 Å². The first-order valence-electron chi connectivity index (χ1n) is 9.83. The van der Waals surface area contributed by atoms with Crippen LogP contribution in [-0.2, 0) is 20.9 Å². The van der Waals surface area contributed by atoms with Gasteiger partial charge in [-0.25, -0.2) is 4.79 Å². The van der Waals surface area contributed by atoms with Gasteiger partial charge in [0.05, 0.1) is 6.54 Å². The fourth-order valence-electron chi connectivity index (χ4n) is 2.32. The van der Waals surface area contributed by atoms with Crippen LogP contribution in [0, 0.1) is 5.41 Å². The van der Waals surface area contributed by atoms with Crippen molar-refractivity contribution in [2.45, 2.75) is 52.2 Å². The van der Waals surface area contributed by atoms with Crippen LogP contribution < -0.4 is 16.2 Å². The van der Waals surface area contributed by atoms with E-state index in [1.54, 1.807) is 47.0 Å². The number of likely N-dealkylation sites (N-methyl/N-ethyl adjacent to an activating group) is 1. The average Bonchev–Trinajstić information content (AvgIpc) is 2.62. The molecule has 0 aromatic carbocycles. The summed E-state index contributed by atoms with van der Waals surface area (Å²) in [5.74, 6) is -0.677. The molecule has 0 radical (unpaired) electrons. The van der Waals surface area contributed by atoms with Gasteiger partial charge in [-0.1, -0.05) is 6.08 Å². The van der Waals surface area contributed by atoms with Gasteiger partial charge in [-0.3, -0.25) is 25.1 Å². The molecule has 31 heavy (non-hydrogen) atoms. The number of nitrogens with zero attached hydrogens (tertiary/aromatic N) is 2. The molecule has 0 unspecified atom stereocenters. The second-order valence-corrected chi connectivity index (χ2v) is 8.04. The molecule has 0 aliphatic heterocycles. The first-order chi connectivity index (χ1) is 14.4. The van der Waals surface area contributed by atoms with Gasteiger partial charge in [0.25, 0.3) is 5.56 Å². The summed E-state index contributed by atoms with van der Waals surface area (Å²) >= 11 is 0. The number of carbonyl (C=O) groups excluding carboxylic acids is 3. The van der Waals surface area contributed by atoms with Crippen LogP contribution >= 0.6 is 0 Å². The van der Waals surface area contributed by atoms with Crippen LogP contribution in [0.15, 0.2) is 35.3 Å². The van der Waals surface area contributed by atoms with Gasteiger partial charge < -0.3 is 19.5 Å². The van der Waals surface area contributed by atoms with Crippen molar-refractivity contribution in [3.8, 4) is 0 Å². The monoisotopic (exact) mass is 433 g/mol. The Balaban J connectivity index is 2.59. The standard InChI is InChI=1S/C21H31N5O5/c1-21(2,3)31-20(30)24-16(22)14-26-13-9-10-15(19(26)29)23-17(27)11-7-6-8-12-18(28)25(4)5/h8-10,12-13H,6-7,11,14H2,1-5H3,(H,23,27)(H2,22,24,30)/b12-8+. The molecule has 0 saturated carbocycles. The van der Waals surface area contributed by atoms with Gasteiger partial charge in [0.2, 0.25) is 11.8 Å². The molecular weight excluding hydrogens is 402 g/mol. The van der Waals surface area contributed by atoms with Crippen molar-refractivity contribution in [3.63, 3.8) is 0 Å². The van der Waals surface area contributed by atoms with E-state index >= 15 is 0 Å². The Morgan fingerprint density at radius 3 is 2.55 bits per heavy atom. The Morgan fingerprint density at radius 1 is 1.26 bits per heavy atom. The second kappa shape index (κ2) is 11.7. The maximum Gasteiger partial charge on any atom is 0.413 e. The lowest BCUT2D eigenvalue weighted by atomic mass is 10.2. The number of amides is 3. The Labute approximate surface area is 181 Å². The van der Waals surface area contributed by atoms with Gasteiger partial charge in [-0.05, 0) is 51.8 Å². The molecule has 1 heterocycles. The van der Waals surface area contributed by atoms with Crippen molar-refractivity contribution in [1.29, 1.82) is 5.41 Å². The molecule has 170 valence electrons. The van der Waals surface area contributed by atoms with Crippen LogP contribution in [0.1, 0.15) is 40.0 Å². The molecule has 0 aliphatic rings. The number of nitrogens with one attached hydrogen (secondary N) is 3. The highest BCUT2D eigenvalue weighted by molar-refractivity contribution is 5.93. The molecule has 0 fully saturated rings. The summed E-state index contributed by atoms with van der Waals surface area (Å²) in [6, 6.07) is 3.03. The lowest BCUT2D eigenvalue weighted by Gasteiger charge is -2.20. The number of hydrogen-bond donors (Lipinski definition) is 3. The van der Waals surface area contributed by atoms with Gasteiger partial charge in [0.15, 0.2) is 0 Å². The number of alkyl carbamates (subject to hydrolysis) is 1. The number of pyridine rings is 1. The fraction of sp³-hybridized carbons (Fsp3) is 0.476. The fourth-order valence-corrected chi connectivity index (χ4v) is 2.32. The Kier molecular flexibility index (Phi) is 9.65. The van der Waals surface area contributed by atoms with E-state index in [-0.39, 0.29) is 36.3 Å². The number of aromatic nitrogens is 1. The zero-order valence-corrected chi connectivity index (χ0v) is 18.7. The summed E-state index contributed by atoms with van der Waals surface area (Å²) < 4.78 is 6.27. The molecule has 10 heteroatoms. The van der Waals surface area contributed by atoms with Gasteiger partial charge >= 0.3 is 6.09 Å². The Bertz CT molecular complexity index is 896. The van der Waals surface area contributed by atoms with Gasteiger partial charge in [-0.15, -0.1) is 0 Å². The molecule has 0 bridgehead atoms. The molecule has 0 aliphatic carbocycles. The maximum absolute atomic E-state index is 12.5. The van der Waals surface area contributed by atoms with E-state index in [9.17, 15) is 19.2 Å². The molecular formula is C21H31N5O5. The predicted octanol–water partition coefficient (Wildman–Crippen LogP) is 2.10. The maximum atomic E-state index is 12.5. The average molecular weight is 434 g/mol. The molecule has 1 aromatic heterocycles. The lowest BCUT2D eigenvalue weighted by molar-refractivity contribution is -0.123. The molecule has 0 spiro atoms. The first-order valence-corrected chi connectivity index (χ1v) is 9.83. The molecule has 1 rings (SSSR count). The summed E-state index contributed by atoms with van der Waals surface area (Å²) in [5, 5.41) is 12.7. The Morgan fingerprint density at radius 2 is 1.94 bits per heavy atom. The zero-order valence-electron chi connectivity index (χ0n) is 18.7. The number of rotatable bonds is 8. The Hall–Kier alpha value is -3.43. The largest absolute Gasteiger partial charge is 0.444 e. The van der Waals surface area contributed by atoms with Gasteiger partial charge in [0.1, 0.15) is 17.1 Å². The second-order valence-electron chi connectivity index (χ2n) is 8.04. The minimum Gasteiger partial charge on any atom is -0.444 e. The van der Waals surface area contributed by atoms with E-state index in [0.29, 0.717) is 12.8 Å². The van der Waals surface area contributed by atoms with E-state index in [2.05, 4.69) is 10.6 Å². The van der Waals surface area contributed by atoms with E-state index in [0.717, 1.165) is 0 Å². The minimum absolute atomic E-state index is 0.0795. The van der Waals surface area contributed by atoms with Crippen molar-refractivity contribution in [3.05, 3.63) is 40.8 Å². The van der Waals surface area contributed by atoms with E-state index in [4.69, 9.17) is 10.1 Å². The number of ether oxygens (including phenoxy) is 1. The number of hydrogen-bond acceptors (Lipinski definition) is 6. The third kappa shape index (κ3) is 10.2. The quantitative estimate of drug-likeness (QED) is 0.250. The number of amidine groups is 1. The van der Waals surface area contributed by atoms with Crippen LogP contribution in [0.25, 0.3) is 0 Å². The van der Waals surface area contributed by atoms with Crippen molar-refractivity contribution < 1.29 is 19.1 Å². The van der Waals surface area contributed by atoms with Crippen molar-refractivity contribution >= 4 is 29.4 Å². The van der Waals surface area contributed by atoms with Crippen molar-refractivity contribution in [2.75, 3.05) is 19.4 Å². The summed E-state index contributed by atoms with van der Waals surface area (Å²) in [7, 11) is 3.31. The summed E-state index contributed by atoms with van der Waals surface area (Å²) in [6.45, 7) is 4.91. The highest BCUT2D eigenvalue weighted by Crippen LogP contribution is 2.06. The third-order valence-electron chi connectivity index (χ3n) is 3.75. The van der Waals surface area contributed by atoms with E-state index in [1.807, 2.05) is 0 Å². The first kappa shape index (κ1) is 25.6. The highest BCUT2D eigenvalue weighted by Gasteiger charge is 2.17. The molecule has 1 aromatic rings. The number of carbonyl (C=O) groups is 3. The van der Waals surface area contributed by atoms with Crippen molar-refractivity contribution in [1.82, 2.24) is 14.8 Å². The molecule has 0 saturated heterocycles. The number of anilines is 1. The van der Waals surface area contributed by atoms with Crippen LogP contribution in [-0.4, -0.2) is 52.9 Å². The zero-order chi connectivity index (χ0) is 23.6. The molecule has 3 N–H and O–H groups in total. The summed E-state index contributed by atoms with van der Waals surface area (Å²) in [5.41, 5.74) is -1.12. The van der Waals surface area contributed by atoms with Gasteiger partial charge in [-0.2, -0.15) is 0 Å². The minimum atomic E-state index is -0.781. The van der Waals surface area contributed by atoms with E-state index in [1.165, 1.54) is 27.8 Å². The number of allylic oxidation sites excluding steroid dienone is 1. The molecule has 10 nitrogen and oxygen atoms in total. The van der Waals surface area contributed by atoms with Gasteiger partial charge in [0, 0.05) is 26.7 Å². The SMILES string of the molecule is CN(C)C(=O)/C=C/CCCC(=O)Nc1cccn(CC(=N)NC(=O)OC(C)(C)C)c1=O.